The number of aliphatic carboxylic acids is 1. The summed E-state index contributed by atoms with van der Waals surface area (Å²) in [5.41, 5.74) is 4.01. The fourth-order valence-corrected chi connectivity index (χ4v) is 5.48. The first-order chi connectivity index (χ1) is 19.4. The molecule has 1 aromatic heterocycles. The minimum Gasteiger partial charge on any atom is -0.481 e. The van der Waals surface area contributed by atoms with E-state index in [2.05, 4.69) is 17.1 Å². The van der Waals surface area contributed by atoms with Crippen LogP contribution < -0.4 is 10.2 Å². The lowest BCUT2D eigenvalue weighted by molar-refractivity contribution is -0.136. The van der Waals surface area contributed by atoms with Crippen LogP contribution in [0.3, 0.4) is 0 Å². The first kappa shape index (κ1) is 26.0. The summed E-state index contributed by atoms with van der Waals surface area (Å²) >= 11 is 0. The maximum absolute atomic E-state index is 12.9. The molecular formula is C33H34N4O3. The van der Waals surface area contributed by atoms with Gasteiger partial charge in [-0.2, -0.15) is 0 Å². The number of carbonyl (C=O) groups excluding carboxylic acids is 1. The van der Waals surface area contributed by atoms with Gasteiger partial charge in [-0.05, 0) is 72.2 Å². The van der Waals surface area contributed by atoms with Crippen molar-refractivity contribution in [2.75, 3.05) is 17.3 Å². The van der Waals surface area contributed by atoms with Gasteiger partial charge >= 0.3 is 5.97 Å². The van der Waals surface area contributed by atoms with Crippen molar-refractivity contribution in [3.8, 4) is 0 Å². The molecule has 4 aromatic rings. The van der Waals surface area contributed by atoms with Gasteiger partial charge in [0.15, 0.2) is 0 Å². The number of benzene rings is 3. The largest absolute Gasteiger partial charge is 0.481 e. The zero-order valence-corrected chi connectivity index (χ0v) is 22.9. The summed E-state index contributed by atoms with van der Waals surface area (Å²) in [6, 6.07) is 21.9. The number of hydrogen-bond acceptors (Lipinski definition) is 5. The molecule has 0 spiro atoms. The Balaban J connectivity index is 1.23. The van der Waals surface area contributed by atoms with Crippen LogP contribution in [0.2, 0.25) is 0 Å². The molecule has 204 valence electrons. The van der Waals surface area contributed by atoms with Gasteiger partial charge in [-0.3, -0.25) is 9.59 Å². The standard InChI is InChI=1S/C33H34N4O3/c1-20(22-9-10-22)31-28(19-30(38)39)32(37(2)27-15-16-27)36-29(35-31)17-21-7-13-26(14-8-21)34-33(40)25-12-11-23-5-3-4-6-24(23)18-25/h3-8,11-14,18,20,22,27H,9-10,15-17,19H2,1-2H3,(H,34,40)(H,38,39). The van der Waals surface area contributed by atoms with Gasteiger partial charge < -0.3 is 15.3 Å². The van der Waals surface area contributed by atoms with Crippen molar-refractivity contribution in [2.24, 2.45) is 5.92 Å². The van der Waals surface area contributed by atoms with E-state index in [1.807, 2.05) is 73.8 Å². The molecule has 1 amide bonds. The fourth-order valence-electron chi connectivity index (χ4n) is 5.48. The minimum atomic E-state index is -0.854. The van der Waals surface area contributed by atoms with E-state index in [1.165, 1.54) is 0 Å². The van der Waals surface area contributed by atoms with Crippen LogP contribution in [0, 0.1) is 5.92 Å². The van der Waals surface area contributed by atoms with Crippen LogP contribution >= 0.6 is 0 Å². The van der Waals surface area contributed by atoms with E-state index in [0.717, 1.165) is 64.8 Å². The average molecular weight is 535 g/mol. The van der Waals surface area contributed by atoms with Gasteiger partial charge in [0.2, 0.25) is 0 Å². The molecule has 2 N–H and O–H groups in total. The van der Waals surface area contributed by atoms with Gasteiger partial charge in [-0.25, -0.2) is 9.97 Å². The number of nitrogens with zero attached hydrogens (tertiary/aromatic N) is 3. The van der Waals surface area contributed by atoms with Crippen molar-refractivity contribution in [3.05, 3.63) is 94.9 Å². The Morgan fingerprint density at radius 3 is 2.38 bits per heavy atom. The zero-order valence-electron chi connectivity index (χ0n) is 22.9. The van der Waals surface area contributed by atoms with E-state index >= 15 is 0 Å². The van der Waals surface area contributed by atoms with Crippen LogP contribution in [0.5, 0.6) is 0 Å². The molecule has 2 aliphatic carbocycles. The second-order valence-corrected chi connectivity index (χ2v) is 11.3. The predicted octanol–water partition coefficient (Wildman–Crippen LogP) is 6.21. The smallest absolute Gasteiger partial charge is 0.308 e. The predicted molar refractivity (Wildman–Crippen MR) is 157 cm³/mol. The maximum atomic E-state index is 12.9. The van der Waals surface area contributed by atoms with Crippen molar-refractivity contribution in [1.82, 2.24) is 9.97 Å². The molecule has 1 atom stereocenters. The van der Waals surface area contributed by atoms with Crippen molar-refractivity contribution >= 4 is 34.2 Å². The molecule has 2 aliphatic rings. The van der Waals surface area contributed by atoms with Crippen molar-refractivity contribution < 1.29 is 14.7 Å². The van der Waals surface area contributed by atoms with E-state index in [4.69, 9.17) is 9.97 Å². The molecule has 0 saturated heterocycles. The second-order valence-electron chi connectivity index (χ2n) is 11.3. The molecule has 0 aliphatic heterocycles. The Hall–Kier alpha value is -4.26. The molecule has 0 bridgehead atoms. The number of aromatic nitrogens is 2. The molecule has 7 nitrogen and oxygen atoms in total. The SMILES string of the molecule is CC(c1nc(Cc2ccc(NC(=O)c3ccc4ccccc4c3)cc2)nc(N(C)C2CC2)c1CC(=O)O)C1CC1. The molecular weight excluding hydrogens is 500 g/mol. The second kappa shape index (κ2) is 10.7. The zero-order chi connectivity index (χ0) is 27.8. The third-order valence-corrected chi connectivity index (χ3v) is 8.17. The van der Waals surface area contributed by atoms with Gasteiger partial charge in [-0.15, -0.1) is 0 Å². The van der Waals surface area contributed by atoms with Crippen LogP contribution in [0.25, 0.3) is 10.8 Å². The molecule has 0 radical (unpaired) electrons. The summed E-state index contributed by atoms with van der Waals surface area (Å²) < 4.78 is 0. The highest BCUT2D eigenvalue weighted by Gasteiger charge is 2.35. The summed E-state index contributed by atoms with van der Waals surface area (Å²) in [6.07, 6.45) is 4.98. The average Bonchev–Trinajstić information content (AvgIpc) is 3.87. The summed E-state index contributed by atoms with van der Waals surface area (Å²) in [6.45, 7) is 2.17. The topological polar surface area (TPSA) is 95.4 Å². The fraction of sp³-hybridized carbons (Fsp3) is 0.333. The highest BCUT2D eigenvalue weighted by Crippen LogP contribution is 2.44. The van der Waals surface area contributed by atoms with E-state index < -0.39 is 5.97 Å². The quantitative estimate of drug-likeness (QED) is 0.251. The van der Waals surface area contributed by atoms with Gasteiger partial charge in [-0.1, -0.05) is 49.4 Å². The Bertz CT molecular complexity index is 1540. The van der Waals surface area contributed by atoms with Gasteiger partial charge in [0.25, 0.3) is 5.91 Å². The number of nitrogens with one attached hydrogen (secondary N) is 1. The third kappa shape index (κ3) is 5.69. The van der Waals surface area contributed by atoms with Gasteiger partial charge in [0, 0.05) is 42.2 Å². The summed E-state index contributed by atoms with van der Waals surface area (Å²) in [4.78, 5) is 36.7. The Morgan fingerprint density at radius 1 is 0.975 bits per heavy atom. The molecule has 6 rings (SSSR count). The van der Waals surface area contributed by atoms with E-state index in [-0.39, 0.29) is 18.2 Å². The Labute approximate surface area is 234 Å². The molecule has 2 saturated carbocycles. The van der Waals surface area contributed by atoms with Gasteiger partial charge in [0.1, 0.15) is 11.6 Å². The van der Waals surface area contributed by atoms with Crippen LogP contribution in [-0.2, 0) is 17.6 Å². The maximum Gasteiger partial charge on any atom is 0.308 e. The third-order valence-electron chi connectivity index (χ3n) is 8.17. The van der Waals surface area contributed by atoms with Crippen LogP contribution in [0.4, 0.5) is 11.5 Å². The van der Waals surface area contributed by atoms with E-state index in [0.29, 0.717) is 29.8 Å². The molecule has 3 aromatic carbocycles. The first-order valence-corrected chi connectivity index (χ1v) is 14.1. The number of carboxylic acids is 1. The Kier molecular flexibility index (Phi) is 6.96. The molecule has 2 fully saturated rings. The van der Waals surface area contributed by atoms with Gasteiger partial charge in [0.05, 0.1) is 12.1 Å². The highest BCUT2D eigenvalue weighted by atomic mass is 16.4. The summed E-state index contributed by atoms with van der Waals surface area (Å²) in [5.74, 6) is 1.22. The normalized spacial score (nSPS) is 15.6. The summed E-state index contributed by atoms with van der Waals surface area (Å²) in [5, 5.41) is 14.8. The number of fused-ring (bicyclic) bond motifs is 1. The molecule has 40 heavy (non-hydrogen) atoms. The molecule has 7 heteroatoms. The van der Waals surface area contributed by atoms with Crippen LogP contribution in [-0.4, -0.2) is 40.0 Å². The molecule has 1 unspecified atom stereocenters. The van der Waals surface area contributed by atoms with Crippen molar-refractivity contribution in [3.63, 3.8) is 0 Å². The molecule has 1 heterocycles. The summed E-state index contributed by atoms with van der Waals surface area (Å²) in [7, 11) is 2.02. The van der Waals surface area contributed by atoms with E-state index in [9.17, 15) is 14.7 Å². The highest BCUT2D eigenvalue weighted by molar-refractivity contribution is 6.06. The number of carboxylic acid groups (broad SMARTS) is 1. The minimum absolute atomic E-state index is 0.0648. The lowest BCUT2D eigenvalue weighted by Gasteiger charge is -2.25. The lowest BCUT2D eigenvalue weighted by atomic mass is 9.95. The van der Waals surface area contributed by atoms with Crippen LogP contribution in [0.15, 0.2) is 66.7 Å². The first-order valence-electron chi connectivity index (χ1n) is 14.1. The van der Waals surface area contributed by atoms with E-state index in [1.54, 1.807) is 0 Å². The Morgan fingerprint density at radius 2 is 1.70 bits per heavy atom. The van der Waals surface area contributed by atoms with Crippen LogP contribution in [0.1, 0.15) is 71.5 Å². The van der Waals surface area contributed by atoms with Crippen molar-refractivity contribution in [1.29, 1.82) is 0 Å². The number of rotatable bonds is 10. The lowest BCUT2D eigenvalue weighted by Crippen LogP contribution is -2.26. The number of carbonyl (C=O) groups is 2. The number of anilines is 2. The number of amides is 1. The van der Waals surface area contributed by atoms with Crippen molar-refractivity contribution in [2.45, 2.75) is 57.4 Å². The monoisotopic (exact) mass is 534 g/mol. The number of hydrogen-bond donors (Lipinski definition) is 2.